The Balaban J connectivity index is 2.27. The molecule has 0 aliphatic heterocycles. The number of ketones is 2. The Morgan fingerprint density at radius 1 is 1.40 bits per heavy atom. The summed E-state index contributed by atoms with van der Waals surface area (Å²) in [4.78, 5) is 24.6. The molecule has 0 radical (unpaired) electrons. The van der Waals surface area contributed by atoms with E-state index in [9.17, 15) is 9.59 Å². The summed E-state index contributed by atoms with van der Waals surface area (Å²) < 4.78 is 5.29. The largest absolute Gasteiger partial charge is 0.495 e. The van der Waals surface area contributed by atoms with E-state index in [-0.39, 0.29) is 23.9 Å². The van der Waals surface area contributed by atoms with Crippen molar-refractivity contribution in [2.45, 2.75) is 24.2 Å². The van der Waals surface area contributed by atoms with Gasteiger partial charge < -0.3 is 4.74 Å². The van der Waals surface area contributed by atoms with Crippen LogP contribution >= 0.6 is 35.0 Å². The summed E-state index contributed by atoms with van der Waals surface area (Å²) in [6.07, 6.45) is 1.72. The summed E-state index contributed by atoms with van der Waals surface area (Å²) in [5, 5.41) is 0.784. The van der Waals surface area contributed by atoms with Crippen molar-refractivity contribution in [3.05, 3.63) is 22.7 Å². The van der Waals surface area contributed by atoms with Crippen LogP contribution in [-0.2, 0) is 4.79 Å². The Morgan fingerprint density at radius 3 is 2.65 bits per heavy atom. The lowest BCUT2D eigenvalue weighted by molar-refractivity contribution is -0.119. The molecule has 0 bridgehead atoms. The minimum atomic E-state index is -0.230. The van der Waals surface area contributed by atoms with Gasteiger partial charge >= 0.3 is 0 Å². The molecule has 1 aliphatic rings. The van der Waals surface area contributed by atoms with Crippen molar-refractivity contribution >= 4 is 46.5 Å². The average molecular weight is 333 g/mol. The third kappa shape index (κ3) is 3.48. The highest BCUT2D eigenvalue weighted by Crippen LogP contribution is 2.40. The van der Waals surface area contributed by atoms with Gasteiger partial charge in [0, 0.05) is 5.92 Å². The Hall–Kier alpha value is -0.710. The molecule has 1 saturated carbocycles. The van der Waals surface area contributed by atoms with Gasteiger partial charge in [0.1, 0.15) is 11.5 Å². The molecule has 0 saturated heterocycles. The van der Waals surface area contributed by atoms with Crippen LogP contribution in [0.5, 0.6) is 5.75 Å². The average Bonchev–Trinajstić information content (AvgIpc) is 3.25. The van der Waals surface area contributed by atoms with E-state index in [4.69, 9.17) is 27.9 Å². The summed E-state index contributed by atoms with van der Waals surface area (Å²) in [5.41, 5.74) is 0.388. The first-order chi connectivity index (χ1) is 9.58. The molecule has 1 fully saturated rings. The highest BCUT2D eigenvalue weighted by Gasteiger charge is 2.31. The second-order valence-electron chi connectivity index (χ2n) is 4.55. The van der Waals surface area contributed by atoms with Gasteiger partial charge in [-0.25, -0.2) is 0 Å². The second-order valence-corrected chi connectivity index (χ2v) is 6.53. The number of thioether (sulfide) groups is 1. The quantitative estimate of drug-likeness (QED) is 0.325. The molecule has 1 aliphatic carbocycles. The SMILES string of the molecule is COc1c(C(=O)CC(=O)C2CC2)ccc(Cl)c1SCCl. The minimum Gasteiger partial charge on any atom is -0.495 e. The molecule has 20 heavy (non-hydrogen) atoms. The zero-order valence-corrected chi connectivity index (χ0v) is 13.3. The summed E-state index contributed by atoms with van der Waals surface area (Å²) >= 11 is 13.1. The molecule has 0 aromatic heterocycles. The van der Waals surface area contributed by atoms with Crippen LogP contribution in [0, 0.1) is 5.92 Å². The van der Waals surface area contributed by atoms with Crippen LogP contribution in [0.15, 0.2) is 17.0 Å². The predicted octanol–water partition coefficient (Wildman–Crippen LogP) is 4.19. The molecule has 6 heteroatoms. The molecule has 3 nitrogen and oxygen atoms in total. The van der Waals surface area contributed by atoms with Crippen LogP contribution in [0.2, 0.25) is 5.02 Å². The van der Waals surface area contributed by atoms with Gasteiger partial charge in [0.2, 0.25) is 0 Å². The number of hydrogen-bond acceptors (Lipinski definition) is 4. The van der Waals surface area contributed by atoms with Gasteiger partial charge in [-0.3, -0.25) is 9.59 Å². The number of alkyl halides is 1. The van der Waals surface area contributed by atoms with E-state index < -0.39 is 0 Å². The van der Waals surface area contributed by atoms with Gasteiger partial charge in [-0.1, -0.05) is 11.6 Å². The molecule has 0 unspecified atom stereocenters. The molecule has 2 rings (SSSR count). The summed E-state index contributed by atoms with van der Waals surface area (Å²) in [6, 6.07) is 3.23. The number of hydrogen-bond donors (Lipinski definition) is 0. The fourth-order valence-electron chi connectivity index (χ4n) is 1.95. The van der Waals surface area contributed by atoms with E-state index >= 15 is 0 Å². The number of benzene rings is 1. The van der Waals surface area contributed by atoms with Crippen LogP contribution in [0.3, 0.4) is 0 Å². The minimum absolute atomic E-state index is 0.0125. The molecule has 1 aromatic carbocycles. The Morgan fingerprint density at radius 2 is 2.10 bits per heavy atom. The van der Waals surface area contributed by atoms with Gasteiger partial charge in [0.05, 0.1) is 34.2 Å². The number of halogens is 2. The maximum absolute atomic E-state index is 12.2. The van der Waals surface area contributed by atoms with E-state index in [2.05, 4.69) is 0 Å². The van der Waals surface area contributed by atoms with E-state index in [1.165, 1.54) is 18.9 Å². The van der Waals surface area contributed by atoms with E-state index in [1.54, 1.807) is 12.1 Å². The highest BCUT2D eigenvalue weighted by atomic mass is 35.5. The van der Waals surface area contributed by atoms with Gasteiger partial charge in [-0.2, -0.15) is 0 Å². The Bertz CT molecular complexity index is 541. The number of ether oxygens (including phenoxy) is 1. The van der Waals surface area contributed by atoms with Crippen LogP contribution in [0.1, 0.15) is 29.6 Å². The fourth-order valence-corrected chi connectivity index (χ4v) is 3.23. The van der Waals surface area contributed by atoms with Gasteiger partial charge in [-0.15, -0.1) is 23.4 Å². The number of Topliss-reactive ketones (excluding diaryl/α,β-unsaturated/α-hetero) is 2. The maximum atomic E-state index is 12.2. The molecule has 1 aromatic rings. The summed E-state index contributed by atoms with van der Waals surface area (Å²) in [7, 11) is 1.48. The fraction of sp³-hybridized carbons (Fsp3) is 0.429. The molecule has 0 atom stereocenters. The van der Waals surface area contributed by atoms with Crippen molar-refractivity contribution in [3.63, 3.8) is 0 Å². The van der Waals surface area contributed by atoms with Crippen molar-refractivity contribution in [2.24, 2.45) is 5.92 Å². The third-order valence-electron chi connectivity index (χ3n) is 3.14. The zero-order valence-electron chi connectivity index (χ0n) is 10.9. The van der Waals surface area contributed by atoms with Gasteiger partial charge in [0.25, 0.3) is 0 Å². The van der Waals surface area contributed by atoms with Crippen molar-refractivity contribution in [1.29, 1.82) is 0 Å². The Kier molecular flexibility index (Phi) is 5.35. The van der Waals surface area contributed by atoms with Crippen molar-refractivity contribution in [3.8, 4) is 5.75 Å². The maximum Gasteiger partial charge on any atom is 0.174 e. The highest BCUT2D eigenvalue weighted by molar-refractivity contribution is 8.00. The number of carbonyl (C=O) groups is 2. The van der Waals surface area contributed by atoms with E-state index in [0.29, 0.717) is 26.4 Å². The topological polar surface area (TPSA) is 43.4 Å². The lowest BCUT2D eigenvalue weighted by Gasteiger charge is -2.13. The number of rotatable bonds is 7. The van der Waals surface area contributed by atoms with Crippen LogP contribution in [0.25, 0.3) is 0 Å². The van der Waals surface area contributed by atoms with Crippen molar-refractivity contribution < 1.29 is 14.3 Å². The second kappa shape index (κ2) is 6.83. The number of methoxy groups -OCH3 is 1. The summed E-state index contributed by atoms with van der Waals surface area (Å²) in [5.74, 6) is 0.260. The Labute approximate surface area is 132 Å². The monoisotopic (exact) mass is 332 g/mol. The molecule has 0 heterocycles. The number of carbonyl (C=O) groups excluding carboxylic acids is 2. The van der Waals surface area contributed by atoms with E-state index in [1.807, 2.05) is 0 Å². The lowest BCUT2D eigenvalue weighted by atomic mass is 10.0. The zero-order chi connectivity index (χ0) is 14.7. The van der Waals surface area contributed by atoms with E-state index in [0.717, 1.165) is 12.8 Å². The molecule has 108 valence electrons. The van der Waals surface area contributed by atoms with Gasteiger partial charge in [-0.05, 0) is 25.0 Å². The van der Waals surface area contributed by atoms with Crippen LogP contribution < -0.4 is 4.74 Å². The molecular formula is C14H14Cl2O3S. The predicted molar refractivity (Wildman–Crippen MR) is 81.3 cm³/mol. The molecular weight excluding hydrogens is 319 g/mol. The molecule has 0 N–H and O–H groups in total. The van der Waals surface area contributed by atoms with Crippen LogP contribution in [0.4, 0.5) is 0 Å². The first-order valence-electron chi connectivity index (χ1n) is 6.19. The normalized spacial score (nSPS) is 14.2. The van der Waals surface area contributed by atoms with Crippen molar-refractivity contribution in [2.75, 3.05) is 12.3 Å². The first kappa shape index (κ1) is 15.7. The van der Waals surface area contributed by atoms with Crippen LogP contribution in [-0.4, -0.2) is 23.9 Å². The molecule has 0 amide bonds. The first-order valence-corrected chi connectivity index (χ1v) is 8.09. The summed E-state index contributed by atoms with van der Waals surface area (Å²) in [6.45, 7) is 0. The smallest absolute Gasteiger partial charge is 0.174 e. The lowest BCUT2D eigenvalue weighted by Crippen LogP contribution is -2.11. The molecule has 0 spiro atoms. The van der Waals surface area contributed by atoms with Crippen molar-refractivity contribution in [1.82, 2.24) is 0 Å². The van der Waals surface area contributed by atoms with Gasteiger partial charge in [0.15, 0.2) is 5.78 Å². The third-order valence-corrected chi connectivity index (χ3v) is 4.69. The standard InChI is InChI=1S/C14H14Cl2O3S/c1-19-13-9(4-5-10(16)14(13)20-7-15)12(18)6-11(17)8-2-3-8/h4-5,8H,2-3,6-7H2,1H3.